The maximum Gasteiger partial charge on any atom is 0.360 e. The van der Waals surface area contributed by atoms with E-state index in [1.54, 1.807) is 13.0 Å². The Labute approximate surface area is 113 Å². The lowest BCUT2D eigenvalue weighted by atomic mass is 10.2. The summed E-state index contributed by atoms with van der Waals surface area (Å²) in [5.41, 5.74) is 0.0254. The predicted molar refractivity (Wildman–Crippen MR) is 66.9 cm³/mol. The molecule has 20 heavy (non-hydrogen) atoms. The van der Waals surface area contributed by atoms with Crippen LogP contribution in [0.25, 0.3) is 0 Å². The van der Waals surface area contributed by atoms with Crippen molar-refractivity contribution >= 4 is 17.7 Å². The van der Waals surface area contributed by atoms with E-state index in [9.17, 15) is 9.18 Å². The molecule has 0 atom stereocenters. The first-order valence-electron chi connectivity index (χ1n) is 5.74. The fraction of sp³-hybridized carbons (Fsp3) is 0.154. The Morgan fingerprint density at radius 3 is 3.10 bits per heavy atom. The fourth-order valence-corrected chi connectivity index (χ4v) is 1.49. The molecule has 1 aromatic carbocycles. The topological polar surface area (TPSA) is 88.1 Å². The van der Waals surface area contributed by atoms with Crippen molar-refractivity contribution < 1.29 is 18.3 Å². The first-order chi connectivity index (χ1) is 9.65. The smallest absolute Gasteiger partial charge is 0.360 e. The minimum Gasteiger partial charge on any atom is -0.461 e. The average molecular weight is 275 g/mol. The standard InChI is InChI=1S/C13H10FN3O3/c1-2-19-12(18)11-7-20-13(17-11)16-10-5-3-4-9(14)8(10)6-15/h3-5,7H,2H2,1H3,(H,16,17). The van der Waals surface area contributed by atoms with Crippen molar-refractivity contribution in [2.24, 2.45) is 0 Å². The number of hydrogen-bond acceptors (Lipinski definition) is 6. The summed E-state index contributed by atoms with van der Waals surface area (Å²) < 4.78 is 23.2. The van der Waals surface area contributed by atoms with Gasteiger partial charge in [-0.25, -0.2) is 9.18 Å². The monoisotopic (exact) mass is 275 g/mol. The van der Waals surface area contributed by atoms with E-state index < -0.39 is 11.8 Å². The molecule has 102 valence electrons. The van der Waals surface area contributed by atoms with E-state index >= 15 is 0 Å². The molecule has 0 aliphatic rings. The maximum absolute atomic E-state index is 13.4. The number of halogens is 1. The highest BCUT2D eigenvalue weighted by Crippen LogP contribution is 2.22. The number of carbonyl (C=O) groups is 1. The van der Waals surface area contributed by atoms with Gasteiger partial charge in [0.1, 0.15) is 23.7 Å². The van der Waals surface area contributed by atoms with E-state index in [0.717, 1.165) is 6.26 Å². The van der Waals surface area contributed by atoms with Gasteiger partial charge < -0.3 is 14.5 Å². The zero-order valence-corrected chi connectivity index (χ0v) is 10.5. The molecule has 0 fully saturated rings. The summed E-state index contributed by atoms with van der Waals surface area (Å²) in [5.74, 6) is -1.28. The van der Waals surface area contributed by atoms with Crippen molar-refractivity contribution in [1.82, 2.24) is 4.98 Å². The Bertz CT molecular complexity index is 676. The Balaban J connectivity index is 2.22. The summed E-state index contributed by atoms with van der Waals surface area (Å²) >= 11 is 0. The number of benzene rings is 1. The number of ether oxygens (including phenoxy) is 1. The van der Waals surface area contributed by atoms with Gasteiger partial charge in [-0.05, 0) is 19.1 Å². The molecule has 0 saturated heterocycles. The molecular weight excluding hydrogens is 265 g/mol. The van der Waals surface area contributed by atoms with Crippen LogP contribution < -0.4 is 5.32 Å². The molecule has 0 spiro atoms. The summed E-state index contributed by atoms with van der Waals surface area (Å²) in [7, 11) is 0. The molecule has 0 unspecified atom stereocenters. The Hall–Kier alpha value is -2.88. The van der Waals surface area contributed by atoms with E-state index in [1.165, 1.54) is 18.2 Å². The molecule has 0 saturated carbocycles. The number of nitriles is 1. The molecule has 7 heteroatoms. The van der Waals surface area contributed by atoms with Crippen molar-refractivity contribution in [3.63, 3.8) is 0 Å². The summed E-state index contributed by atoms with van der Waals surface area (Å²) in [5, 5.41) is 11.5. The Morgan fingerprint density at radius 1 is 1.60 bits per heavy atom. The lowest BCUT2D eigenvalue weighted by molar-refractivity contribution is 0.0519. The first-order valence-corrected chi connectivity index (χ1v) is 5.74. The lowest BCUT2D eigenvalue weighted by Gasteiger charge is -2.04. The number of oxazole rings is 1. The predicted octanol–water partition coefficient (Wildman–Crippen LogP) is 2.61. The zero-order chi connectivity index (χ0) is 14.5. The number of aromatic nitrogens is 1. The minimum absolute atomic E-state index is 0.00994. The van der Waals surface area contributed by atoms with Gasteiger partial charge in [-0.2, -0.15) is 10.2 Å². The molecule has 1 heterocycles. The van der Waals surface area contributed by atoms with Gasteiger partial charge in [-0.1, -0.05) is 6.07 Å². The number of rotatable bonds is 4. The molecular formula is C13H10FN3O3. The number of hydrogen-bond donors (Lipinski definition) is 1. The maximum atomic E-state index is 13.4. The molecule has 2 aromatic rings. The molecule has 2 rings (SSSR count). The third-order valence-corrected chi connectivity index (χ3v) is 2.36. The van der Waals surface area contributed by atoms with Gasteiger partial charge >= 0.3 is 5.97 Å². The first kappa shape index (κ1) is 13.5. The van der Waals surface area contributed by atoms with Crippen molar-refractivity contribution in [1.29, 1.82) is 5.26 Å². The van der Waals surface area contributed by atoms with E-state index in [-0.39, 0.29) is 29.6 Å². The van der Waals surface area contributed by atoms with Gasteiger partial charge in [0.25, 0.3) is 6.01 Å². The molecule has 0 aliphatic carbocycles. The van der Waals surface area contributed by atoms with Crippen molar-refractivity contribution in [3.8, 4) is 6.07 Å². The molecule has 0 bridgehead atoms. The van der Waals surface area contributed by atoms with Crippen LogP contribution in [0.1, 0.15) is 23.0 Å². The molecule has 0 radical (unpaired) electrons. The highest BCUT2D eigenvalue weighted by molar-refractivity contribution is 5.87. The van der Waals surface area contributed by atoms with Crippen molar-refractivity contribution in [2.45, 2.75) is 6.92 Å². The second kappa shape index (κ2) is 5.84. The Kier molecular flexibility index (Phi) is 3.96. The highest BCUT2D eigenvalue weighted by Gasteiger charge is 2.15. The normalized spacial score (nSPS) is 9.85. The molecule has 0 aliphatic heterocycles. The van der Waals surface area contributed by atoms with Gasteiger partial charge in [0, 0.05) is 0 Å². The number of carbonyl (C=O) groups excluding carboxylic acids is 1. The van der Waals surface area contributed by atoms with Crippen LogP contribution in [0, 0.1) is 17.1 Å². The average Bonchev–Trinajstić information content (AvgIpc) is 2.88. The quantitative estimate of drug-likeness (QED) is 0.863. The third kappa shape index (κ3) is 2.75. The summed E-state index contributed by atoms with van der Waals surface area (Å²) in [6.45, 7) is 1.89. The van der Waals surface area contributed by atoms with Crippen LogP contribution in [0.4, 0.5) is 16.1 Å². The molecule has 0 amide bonds. The molecule has 6 nitrogen and oxygen atoms in total. The fourth-order valence-electron chi connectivity index (χ4n) is 1.49. The number of anilines is 2. The van der Waals surface area contributed by atoms with Gasteiger partial charge in [0.05, 0.1) is 12.3 Å². The Morgan fingerprint density at radius 2 is 2.40 bits per heavy atom. The van der Waals surface area contributed by atoms with Crippen LogP contribution in [0.15, 0.2) is 28.9 Å². The van der Waals surface area contributed by atoms with E-state index in [2.05, 4.69) is 10.3 Å². The van der Waals surface area contributed by atoms with Crippen LogP contribution in [-0.4, -0.2) is 17.6 Å². The van der Waals surface area contributed by atoms with Gasteiger partial charge in [-0.3, -0.25) is 0 Å². The molecule has 1 aromatic heterocycles. The van der Waals surface area contributed by atoms with Gasteiger partial charge in [0.15, 0.2) is 5.69 Å². The summed E-state index contributed by atoms with van der Waals surface area (Å²) in [4.78, 5) is 15.2. The lowest BCUT2D eigenvalue weighted by Crippen LogP contribution is -2.05. The number of nitrogens with zero attached hydrogens (tertiary/aromatic N) is 2. The SMILES string of the molecule is CCOC(=O)c1coc(Nc2cccc(F)c2C#N)n1. The third-order valence-electron chi connectivity index (χ3n) is 2.36. The zero-order valence-electron chi connectivity index (χ0n) is 10.5. The number of nitrogens with one attached hydrogen (secondary N) is 1. The molecule has 1 N–H and O–H groups in total. The van der Waals surface area contributed by atoms with Gasteiger partial charge in [0.2, 0.25) is 0 Å². The highest BCUT2D eigenvalue weighted by atomic mass is 19.1. The van der Waals surface area contributed by atoms with Crippen LogP contribution in [-0.2, 0) is 4.74 Å². The number of esters is 1. The van der Waals surface area contributed by atoms with Crippen molar-refractivity contribution in [2.75, 3.05) is 11.9 Å². The van der Waals surface area contributed by atoms with Crippen LogP contribution in [0.5, 0.6) is 0 Å². The largest absolute Gasteiger partial charge is 0.461 e. The van der Waals surface area contributed by atoms with E-state index in [1.807, 2.05) is 0 Å². The summed E-state index contributed by atoms with van der Waals surface area (Å²) in [6, 6.07) is 5.81. The van der Waals surface area contributed by atoms with Crippen LogP contribution in [0.2, 0.25) is 0 Å². The van der Waals surface area contributed by atoms with Crippen molar-refractivity contribution in [3.05, 3.63) is 41.5 Å². The minimum atomic E-state index is -0.658. The van der Waals surface area contributed by atoms with E-state index in [4.69, 9.17) is 14.4 Å². The van der Waals surface area contributed by atoms with Crippen LogP contribution in [0.3, 0.4) is 0 Å². The van der Waals surface area contributed by atoms with E-state index in [0.29, 0.717) is 0 Å². The van der Waals surface area contributed by atoms with Gasteiger partial charge in [-0.15, -0.1) is 0 Å². The van der Waals surface area contributed by atoms with Crippen LogP contribution >= 0.6 is 0 Å². The second-order valence-electron chi connectivity index (χ2n) is 3.66. The summed E-state index contributed by atoms with van der Waals surface area (Å²) in [6.07, 6.45) is 1.12. The second-order valence-corrected chi connectivity index (χ2v) is 3.66.